The highest BCUT2D eigenvalue weighted by atomic mass is 32.1. The van der Waals surface area contributed by atoms with E-state index in [9.17, 15) is 9.59 Å². The molecule has 24 heavy (non-hydrogen) atoms. The van der Waals surface area contributed by atoms with Gasteiger partial charge >= 0.3 is 5.97 Å². The van der Waals surface area contributed by atoms with Gasteiger partial charge in [0.2, 0.25) is 0 Å². The van der Waals surface area contributed by atoms with Gasteiger partial charge < -0.3 is 9.26 Å². The van der Waals surface area contributed by atoms with E-state index in [0.29, 0.717) is 21.5 Å². The van der Waals surface area contributed by atoms with Crippen molar-refractivity contribution in [1.29, 1.82) is 0 Å². The number of thiophene rings is 1. The van der Waals surface area contributed by atoms with Crippen LogP contribution >= 0.6 is 22.7 Å². The molecule has 0 spiro atoms. The van der Waals surface area contributed by atoms with Crippen LogP contribution in [0.2, 0.25) is 0 Å². The summed E-state index contributed by atoms with van der Waals surface area (Å²) in [5, 5.41) is 8.60. The summed E-state index contributed by atoms with van der Waals surface area (Å²) in [6, 6.07) is 5.33. The standard InChI is InChI=1S/C15H13N3O4S2/c1-3-21-14(20)12-8(2)16-15(24-12)17-13(19)9-7-10(22-18-9)11-5-4-6-23-11/h4-7H,3H2,1-2H3,(H,16,17,19). The number of carbonyl (C=O) groups is 2. The molecule has 0 fully saturated rings. The summed E-state index contributed by atoms with van der Waals surface area (Å²) in [6.07, 6.45) is 0. The summed E-state index contributed by atoms with van der Waals surface area (Å²) < 4.78 is 10.1. The normalized spacial score (nSPS) is 10.6. The van der Waals surface area contributed by atoms with Crippen molar-refractivity contribution in [3.63, 3.8) is 0 Å². The third-order valence-electron chi connectivity index (χ3n) is 2.98. The number of ether oxygens (including phenoxy) is 1. The minimum atomic E-state index is -0.453. The zero-order valence-corrected chi connectivity index (χ0v) is 14.5. The van der Waals surface area contributed by atoms with Gasteiger partial charge in [0.05, 0.1) is 17.2 Å². The lowest BCUT2D eigenvalue weighted by Gasteiger charge is -1.97. The van der Waals surface area contributed by atoms with Crippen molar-refractivity contribution in [2.75, 3.05) is 11.9 Å². The first-order valence-corrected chi connectivity index (χ1v) is 8.74. The Balaban J connectivity index is 1.73. The molecule has 0 saturated carbocycles. The maximum atomic E-state index is 12.2. The number of carbonyl (C=O) groups excluding carboxylic acids is 2. The molecule has 1 N–H and O–H groups in total. The number of thiazole rings is 1. The van der Waals surface area contributed by atoms with Crippen LogP contribution in [0.4, 0.5) is 5.13 Å². The lowest BCUT2D eigenvalue weighted by molar-refractivity contribution is 0.0531. The van der Waals surface area contributed by atoms with E-state index in [1.165, 1.54) is 11.3 Å². The molecule has 0 unspecified atom stereocenters. The molecule has 124 valence electrons. The fourth-order valence-corrected chi connectivity index (χ4v) is 3.44. The zero-order valence-electron chi connectivity index (χ0n) is 12.9. The minimum Gasteiger partial charge on any atom is -0.462 e. The Morgan fingerprint density at radius 3 is 2.96 bits per heavy atom. The van der Waals surface area contributed by atoms with E-state index in [4.69, 9.17) is 9.26 Å². The fraction of sp³-hybridized carbons (Fsp3) is 0.200. The van der Waals surface area contributed by atoms with Crippen molar-refractivity contribution in [2.24, 2.45) is 0 Å². The van der Waals surface area contributed by atoms with Gasteiger partial charge in [0.1, 0.15) is 4.88 Å². The fourth-order valence-electron chi connectivity index (χ4n) is 1.91. The van der Waals surface area contributed by atoms with Crippen LogP contribution in [0.25, 0.3) is 10.6 Å². The Morgan fingerprint density at radius 1 is 1.42 bits per heavy atom. The highest BCUT2D eigenvalue weighted by Crippen LogP contribution is 2.26. The van der Waals surface area contributed by atoms with Gasteiger partial charge in [-0.05, 0) is 25.3 Å². The molecule has 0 radical (unpaired) electrons. The summed E-state index contributed by atoms with van der Waals surface area (Å²) >= 11 is 2.55. The second-order valence-electron chi connectivity index (χ2n) is 4.66. The monoisotopic (exact) mass is 363 g/mol. The number of anilines is 1. The van der Waals surface area contributed by atoms with Gasteiger partial charge in [-0.15, -0.1) is 11.3 Å². The Labute approximate surface area is 145 Å². The molecule has 0 saturated heterocycles. The second kappa shape index (κ2) is 6.93. The third kappa shape index (κ3) is 3.36. The van der Waals surface area contributed by atoms with Gasteiger partial charge in [-0.2, -0.15) is 0 Å². The van der Waals surface area contributed by atoms with E-state index in [-0.39, 0.29) is 12.3 Å². The van der Waals surface area contributed by atoms with E-state index < -0.39 is 11.9 Å². The Morgan fingerprint density at radius 2 is 2.25 bits per heavy atom. The lowest BCUT2D eigenvalue weighted by atomic mass is 10.3. The van der Waals surface area contributed by atoms with Crippen molar-refractivity contribution in [1.82, 2.24) is 10.1 Å². The number of aromatic nitrogens is 2. The summed E-state index contributed by atoms with van der Waals surface area (Å²) in [4.78, 5) is 29.4. The van der Waals surface area contributed by atoms with Gasteiger partial charge in [-0.25, -0.2) is 9.78 Å². The van der Waals surface area contributed by atoms with Crippen LogP contribution in [0.15, 0.2) is 28.1 Å². The highest BCUT2D eigenvalue weighted by Gasteiger charge is 2.20. The summed E-state index contributed by atoms with van der Waals surface area (Å²) in [7, 11) is 0. The Bertz CT molecular complexity index is 867. The molecule has 0 aliphatic carbocycles. The number of nitrogens with one attached hydrogen (secondary N) is 1. The minimum absolute atomic E-state index is 0.143. The van der Waals surface area contributed by atoms with Gasteiger partial charge in [-0.3, -0.25) is 10.1 Å². The predicted molar refractivity (Wildman–Crippen MR) is 90.6 cm³/mol. The quantitative estimate of drug-likeness (QED) is 0.696. The number of hydrogen-bond donors (Lipinski definition) is 1. The summed E-state index contributed by atoms with van der Waals surface area (Å²) in [5.41, 5.74) is 0.650. The molecule has 7 nitrogen and oxygen atoms in total. The van der Waals surface area contributed by atoms with Crippen LogP contribution in [0.5, 0.6) is 0 Å². The average molecular weight is 363 g/mol. The molecular formula is C15H13N3O4S2. The van der Waals surface area contributed by atoms with Crippen LogP contribution in [0.3, 0.4) is 0 Å². The van der Waals surface area contributed by atoms with E-state index >= 15 is 0 Å². The molecule has 0 atom stereocenters. The molecule has 1 amide bonds. The van der Waals surface area contributed by atoms with Crippen molar-refractivity contribution in [3.05, 3.63) is 39.8 Å². The van der Waals surface area contributed by atoms with E-state index in [1.807, 2.05) is 17.5 Å². The lowest BCUT2D eigenvalue weighted by Crippen LogP contribution is -2.11. The van der Waals surface area contributed by atoms with Gasteiger partial charge in [0, 0.05) is 6.07 Å². The second-order valence-corrected chi connectivity index (χ2v) is 6.61. The topological polar surface area (TPSA) is 94.3 Å². The smallest absolute Gasteiger partial charge is 0.350 e. The number of nitrogens with zero attached hydrogens (tertiary/aromatic N) is 2. The van der Waals surface area contributed by atoms with Gasteiger partial charge in [-0.1, -0.05) is 22.6 Å². The highest BCUT2D eigenvalue weighted by molar-refractivity contribution is 7.17. The van der Waals surface area contributed by atoms with E-state index in [1.54, 1.807) is 19.9 Å². The maximum absolute atomic E-state index is 12.2. The van der Waals surface area contributed by atoms with Gasteiger partial charge in [0.15, 0.2) is 16.6 Å². The largest absolute Gasteiger partial charge is 0.462 e. The molecule has 9 heteroatoms. The van der Waals surface area contributed by atoms with E-state index in [0.717, 1.165) is 16.2 Å². The molecular weight excluding hydrogens is 350 g/mol. The predicted octanol–water partition coefficient (Wildman–Crippen LogP) is 3.60. The molecule has 3 aromatic heterocycles. The molecule has 0 aromatic carbocycles. The van der Waals surface area contributed by atoms with Crippen LogP contribution in [-0.4, -0.2) is 28.6 Å². The molecule has 0 bridgehead atoms. The number of amides is 1. The molecule has 3 aromatic rings. The first-order valence-electron chi connectivity index (χ1n) is 7.05. The number of aryl methyl sites for hydroxylation is 1. The number of hydrogen-bond acceptors (Lipinski definition) is 8. The molecule has 0 aliphatic rings. The Kier molecular flexibility index (Phi) is 4.72. The average Bonchev–Trinajstić information content (AvgIpc) is 3.27. The van der Waals surface area contributed by atoms with Crippen LogP contribution < -0.4 is 5.32 Å². The summed E-state index contributed by atoms with van der Waals surface area (Å²) in [5.74, 6) is -0.377. The first-order chi connectivity index (χ1) is 11.6. The Hall–Kier alpha value is -2.52. The van der Waals surface area contributed by atoms with Gasteiger partial charge in [0.25, 0.3) is 5.91 Å². The zero-order chi connectivity index (χ0) is 17.1. The SMILES string of the molecule is CCOC(=O)c1sc(NC(=O)c2cc(-c3cccs3)on2)nc1C. The van der Waals surface area contributed by atoms with Crippen LogP contribution in [0, 0.1) is 6.92 Å². The van der Waals surface area contributed by atoms with E-state index in [2.05, 4.69) is 15.5 Å². The van der Waals surface area contributed by atoms with Crippen molar-refractivity contribution in [2.45, 2.75) is 13.8 Å². The maximum Gasteiger partial charge on any atom is 0.350 e. The van der Waals surface area contributed by atoms with Crippen LogP contribution in [-0.2, 0) is 4.74 Å². The molecule has 3 rings (SSSR count). The first kappa shape index (κ1) is 16.3. The van der Waals surface area contributed by atoms with Crippen LogP contribution in [0.1, 0.15) is 32.8 Å². The third-order valence-corrected chi connectivity index (χ3v) is 4.92. The van der Waals surface area contributed by atoms with Crippen molar-refractivity contribution < 1.29 is 18.8 Å². The molecule has 0 aliphatic heterocycles. The number of esters is 1. The number of rotatable bonds is 5. The summed E-state index contributed by atoms with van der Waals surface area (Å²) in [6.45, 7) is 3.69. The van der Waals surface area contributed by atoms with Crippen molar-refractivity contribution in [3.8, 4) is 10.6 Å². The molecule has 3 heterocycles. The van der Waals surface area contributed by atoms with Crippen molar-refractivity contribution >= 4 is 39.7 Å².